The summed E-state index contributed by atoms with van der Waals surface area (Å²) in [6, 6.07) is 12.2. The number of ether oxygens (including phenoxy) is 1. The van der Waals surface area contributed by atoms with E-state index in [0.29, 0.717) is 18.2 Å². The molecule has 2 aliphatic heterocycles. The van der Waals surface area contributed by atoms with E-state index in [1.165, 1.54) is 23.3 Å². The molecule has 8 nitrogen and oxygen atoms in total. The largest absolute Gasteiger partial charge is 0.476 e. The monoisotopic (exact) mass is 444 g/mol. The number of amides is 1. The minimum atomic E-state index is -0.569. The molecule has 4 aromatic rings. The molecule has 2 aromatic heterocycles. The number of nitrogens with zero attached hydrogens (tertiary/aromatic N) is 6. The second-order valence-electron chi connectivity index (χ2n) is 8.47. The number of para-hydroxylation sites is 2. The summed E-state index contributed by atoms with van der Waals surface area (Å²) in [7, 11) is 0. The predicted octanol–water partition coefficient (Wildman–Crippen LogP) is 3.42. The summed E-state index contributed by atoms with van der Waals surface area (Å²) in [5.41, 5.74) is 1.94. The first kappa shape index (κ1) is 19.8. The molecule has 1 amide bonds. The number of fused-ring (bicyclic) bond motifs is 3. The highest BCUT2D eigenvalue weighted by Gasteiger charge is 2.49. The highest BCUT2D eigenvalue weighted by Crippen LogP contribution is 2.43. The molecule has 6 rings (SSSR count). The quantitative estimate of drug-likeness (QED) is 0.469. The Labute approximate surface area is 189 Å². The van der Waals surface area contributed by atoms with Crippen LogP contribution >= 0.6 is 0 Å². The summed E-state index contributed by atoms with van der Waals surface area (Å²) >= 11 is 0. The molecule has 2 saturated heterocycles. The molecule has 0 aliphatic carbocycles. The van der Waals surface area contributed by atoms with Crippen molar-refractivity contribution in [2.24, 2.45) is 5.92 Å². The van der Waals surface area contributed by atoms with Gasteiger partial charge in [0.05, 0.1) is 36.2 Å². The molecule has 0 N–H and O–H groups in total. The van der Waals surface area contributed by atoms with Gasteiger partial charge in [0.15, 0.2) is 0 Å². The zero-order valence-corrected chi connectivity index (χ0v) is 17.7. The smallest absolute Gasteiger partial charge is 0.259 e. The van der Waals surface area contributed by atoms with Gasteiger partial charge in [-0.05, 0) is 43.5 Å². The van der Waals surface area contributed by atoms with Gasteiger partial charge in [0.25, 0.3) is 5.91 Å². The molecule has 4 heterocycles. The Kier molecular flexibility index (Phi) is 4.74. The number of aromatic nitrogens is 5. The van der Waals surface area contributed by atoms with Gasteiger partial charge in [0.1, 0.15) is 17.1 Å². The van der Waals surface area contributed by atoms with E-state index in [1.54, 1.807) is 18.3 Å². The van der Waals surface area contributed by atoms with Crippen LogP contribution in [0.25, 0.3) is 16.7 Å². The molecule has 2 aromatic carbocycles. The molecule has 2 bridgehead atoms. The highest BCUT2D eigenvalue weighted by molar-refractivity contribution is 5.98. The van der Waals surface area contributed by atoms with Gasteiger partial charge in [-0.3, -0.25) is 4.79 Å². The Bertz CT molecular complexity index is 1330. The van der Waals surface area contributed by atoms with Crippen molar-refractivity contribution in [2.45, 2.75) is 31.3 Å². The number of rotatable bonds is 5. The van der Waals surface area contributed by atoms with Crippen molar-refractivity contribution in [1.82, 2.24) is 29.9 Å². The van der Waals surface area contributed by atoms with Crippen molar-refractivity contribution in [3.8, 4) is 11.6 Å². The lowest BCUT2D eigenvalue weighted by Gasteiger charge is -2.25. The Hall–Kier alpha value is -3.88. The molecule has 0 radical (unpaired) electrons. The minimum Gasteiger partial charge on any atom is -0.476 e. The van der Waals surface area contributed by atoms with E-state index >= 15 is 0 Å². The summed E-state index contributed by atoms with van der Waals surface area (Å²) in [6.07, 6.45) is 7.23. The summed E-state index contributed by atoms with van der Waals surface area (Å²) in [5, 5.41) is 8.17. The molecule has 3 unspecified atom stereocenters. The second-order valence-corrected chi connectivity index (χ2v) is 8.47. The molecule has 2 aliphatic rings. The zero-order chi connectivity index (χ0) is 22.4. The van der Waals surface area contributed by atoms with Gasteiger partial charge >= 0.3 is 0 Å². The summed E-state index contributed by atoms with van der Waals surface area (Å²) in [5.74, 6) is -0.268. The fourth-order valence-electron chi connectivity index (χ4n) is 5.17. The van der Waals surface area contributed by atoms with Crippen LogP contribution in [-0.4, -0.2) is 54.5 Å². The first-order chi connectivity index (χ1) is 16.2. The predicted molar refractivity (Wildman–Crippen MR) is 117 cm³/mol. The highest BCUT2D eigenvalue weighted by atomic mass is 19.1. The lowest BCUT2D eigenvalue weighted by Crippen LogP contribution is -2.38. The third-order valence-corrected chi connectivity index (χ3v) is 6.61. The average Bonchev–Trinajstić information content (AvgIpc) is 3.59. The molecule has 9 heteroatoms. The van der Waals surface area contributed by atoms with Gasteiger partial charge in [-0.2, -0.15) is 15.0 Å². The third-order valence-electron chi connectivity index (χ3n) is 6.61. The molecule has 0 spiro atoms. The number of benzene rings is 2. The van der Waals surface area contributed by atoms with Crippen LogP contribution in [-0.2, 0) is 0 Å². The molecule has 2 fully saturated rings. The van der Waals surface area contributed by atoms with Crippen LogP contribution in [0.2, 0.25) is 0 Å². The van der Waals surface area contributed by atoms with Crippen LogP contribution in [0.5, 0.6) is 5.88 Å². The third kappa shape index (κ3) is 3.40. The van der Waals surface area contributed by atoms with E-state index in [9.17, 15) is 9.18 Å². The van der Waals surface area contributed by atoms with Gasteiger partial charge in [0.2, 0.25) is 5.88 Å². The van der Waals surface area contributed by atoms with Crippen molar-refractivity contribution in [1.29, 1.82) is 0 Å². The Balaban J connectivity index is 1.22. The summed E-state index contributed by atoms with van der Waals surface area (Å²) in [6.45, 7) is 0.433. The van der Waals surface area contributed by atoms with Crippen molar-refractivity contribution in [3.05, 3.63) is 72.4 Å². The van der Waals surface area contributed by atoms with E-state index in [0.717, 1.165) is 30.3 Å². The van der Waals surface area contributed by atoms with Gasteiger partial charge in [0, 0.05) is 18.0 Å². The van der Waals surface area contributed by atoms with Crippen LogP contribution in [0.1, 0.15) is 29.6 Å². The van der Waals surface area contributed by atoms with Crippen molar-refractivity contribution in [2.75, 3.05) is 6.61 Å². The van der Waals surface area contributed by atoms with Gasteiger partial charge in [-0.25, -0.2) is 14.4 Å². The summed E-state index contributed by atoms with van der Waals surface area (Å²) < 4.78 is 20.8. The molecule has 0 saturated carbocycles. The van der Waals surface area contributed by atoms with Crippen LogP contribution in [0.15, 0.2) is 61.1 Å². The fourth-order valence-corrected chi connectivity index (χ4v) is 5.17. The maximum Gasteiger partial charge on any atom is 0.259 e. The van der Waals surface area contributed by atoms with Crippen molar-refractivity contribution in [3.63, 3.8) is 0 Å². The van der Waals surface area contributed by atoms with Crippen molar-refractivity contribution >= 4 is 16.9 Å². The first-order valence-electron chi connectivity index (χ1n) is 11.0. The van der Waals surface area contributed by atoms with Gasteiger partial charge < -0.3 is 9.64 Å². The molecular formula is C24H21FN6O2. The normalized spacial score (nSPS) is 21.6. The van der Waals surface area contributed by atoms with Crippen LogP contribution in [0.4, 0.5) is 4.39 Å². The van der Waals surface area contributed by atoms with E-state index < -0.39 is 5.82 Å². The Morgan fingerprint density at radius 1 is 1.06 bits per heavy atom. The maximum atomic E-state index is 14.9. The van der Waals surface area contributed by atoms with E-state index in [1.807, 2.05) is 29.2 Å². The number of halogens is 1. The van der Waals surface area contributed by atoms with Gasteiger partial charge in [-0.15, -0.1) is 0 Å². The van der Waals surface area contributed by atoms with Crippen LogP contribution in [0, 0.1) is 11.7 Å². The zero-order valence-electron chi connectivity index (χ0n) is 17.7. The summed E-state index contributed by atoms with van der Waals surface area (Å²) in [4.78, 5) is 25.6. The van der Waals surface area contributed by atoms with E-state index in [-0.39, 0.29) is 29.5 Å². The first-order valence-corrected chi connectivity index (χ1v) is 11.0. The molecule has 166 valence electrons. The number of hydrogen-bond donors (Lipinski definition) is 0. The molecule has 3 atom stereocenters. The van der Waals surface area contributed by atoms with Crippen molar-refractivity contribution < 1.29 is 13.9 Å². The number of hydrogen-bond acceptors (Lipinski definition) is 6. The van der Waals surface area contributed by atoms with Gasteiger partial charge in [-0.1, -0.05) is 18.2 Å². The number of carbonyl (C=O) groups excluding carboxylic acids is 1. The lowest BCUT2D eigenvalue weighted by atomic mass is 9.90. The maximum absolute atomic E-state index is 14.9. The van der Waals surface area contributed by atoms with Crippen LogP contribution < -0.4 is 4.74 Å². The topological polar surface area (TPSA) is 86.0 Å². The Morgan fingerprint density at radius 3 is 2.73 bits per heavy atom. The average molecular weight is 444 g/mol. The minimum absolute atomic E-state index is 0.00560. The van der Waals surface area contributed by atoms with E-state index in [2.05, 4.69) is 20.2 Å². The lowest BCUT2D eigenvalue weighted by molar-refractivity contribution is 0.0704. The fraction of sp³-hybridized carbons (Fsp3) is 0.292. The van der Waals surface area contributed by atoms with Crippen LogP contribution in [0.3, 0.4) is 0 Å². The van der Waals surface area contributed by atoms with E-state index in [4.69, 9.17) is 4.74 Å². The standard InChI is InChI=1S/C24H21FN6O2/c25-17-4-3-7-21(31-27-10-11-28-31)23(17)24(32)30-16-8-9-20(30)15(12-16)14-33-22-13-26-18-5-1-2-6-19(18)29-22/h1-7,10-11,13,15-16,20H,8-9,12,14H2. The second kappa shape index (κ2) is 7.91. The molecular weight excluding hydrogens is 423 g/mol. The SMILES string of the molecule is O=C(c1c(F)cccc1-n1nccn1)N1C2CCC1C(COc1cnc3ccccc3n1)C2. The number of carbonyl (C=O) groups is 1. The molecule has 33 heavy (non-hydrogen) atoms. The Morgan fingerprint density at radius 2 is 1.88 bits per heavy atom.